The predicted octanol–water partition coefficient (Wildman–Crippen LogP) is 11.7. The van der Waals surface area contributed by atoms with Gasteiger partial charge in [0.2, 0.25) is 0 Å². The van der Waals surface area contributed by atoms with Crippen molar-refractivity contribution in [3.8, 4) is 22.4 Å². The fraction of sp³-hybridized carbons (Fsp3) is 0.0476. The quantitative estimate of drug-likeness (QED) is 0.188. The van der Waals surface area contributed by atoms with Crippen molar-refractivity contribution in [2.24, 2.45) is 0 Å². The molecule has 46 heavy (non-hydrogen) atoms. The Balaban J connectivity index is 1.14. The minimum Gasteiger partial charge on any atom is -0.456 e. The summed E-state index contributed by atoms with van der Waals surface area (Å²) in [5, 5.41) is 9.05. The van der Waals surface area contributed by atoms with Crippen LogP contribution in [0.15, 0.2) is 130 Å². The summed E-state index contributed by atoms with van der Waals surface area (Å²) < 4.78 is 12.7. The number of aryl methyl sites for hydroxylation is 2. The number of hydrogen-bond donors (Lipinski definition) is 0. The number of furan rings is 2. The van der Waals surface area contributed by atoms with Gasteiger partial charge in [-0.2, -0.15) is 0 Å². The Bertz CT molecular complexity index is 2860. The van der Waals surface area contributed by atoms with E-state index in [-0.39, 0.29) is 0 Å². The Morgan fingerprint density at radius 3 is 1.85 bits per heavy atom. The van der Waals surface area contributed by atoms with E-state index in [1.54, 1.807) is 0 Å². The van der Waals surface area contributed by atoms with E-state index in [0.29, 0.717) is 0 Å². The Labute approximate surface area is 263 Å². The van der Waals surface area contributed by atoms with Gasteiger partial charge in [0.15, 0.2) is 0 Å². The normalized spacial score (nSPS) is 12.1. The topological polar surface area (TPSA) is 52.1 Å². The third-order valence-corrected chi connectivity index (χ3v) is 9.49. The summed E-state index contributed by atoms with van der Waals surface area (Å²) in [6, 6.07) is 40.5. The van der Waals surface area contributed by atoms with Gasteiger partial charge in [-0.05, 0) is 71.1 Å². The molecule has 0 aliphatic rings. The van der Waals surface area contributed by atoms with Crippen LogP contribution in [0.1, 0.15) is 11.1 Å². The molecule has 0 N–H and O–H groups in total. The summed E-state index contributed by atoms with van der Waals surface area (Å²) in [4.78, 5) is 10.2. The van der Waals surface area contributed by atoms with Crippen LogP contribution in [0.5, 0.6) is 0 Å². The highest BCUT2D eigenvalue weighted by atomic mass is 16.3. The zero-order valence-electron chi connectivity index (χ0n) is 25.3. The van der Waals surface area contributed by atoms with E-state index >= 15 is 0 Å². The first-order valence-electron chi connectivity index (χ1n) is 15.6. The zero-order chi connectivity index (χ0) is 30.5. The first-order valence-corrected chi connectivity index (χ1v) is 15.6. The molecular weight excluding hydrogens is 564 g/mol. The standard InChI is InChI=1S/C42H26N2O2/c1-23-9-7-16-32-33-20-34-35-19-27(17-24(2)42(35)46-38(34)21-37(33)45-41(23)32)25-10-8-11-26(18-25)36-22-43-39-30-14-5-3-12-28(30)29-13-4-6-15-31(29)40(39)44-36/h3-22H,1-2H3. The molecule has 3 aromatic heterocycles. The third-order valence-electron chi connectivity index (χ3n) is 9.49. The summed E-state index contributed by atoms with van der Waals surface area (Å²) in [5.41, 5.74) is 11.7. The van der Waals surface area contributed by atoms with E-state index in [9.17, 15) is 0 Å². The molecule has 0 saturated carbocycles. The van der Waals surface area contributed by atoms with Crippen molar-refractivity contribution in [1.29, 1.82) is 0 Å². The minimum atomic E-state index is 0.833. The molecule has 0 spiro atoms. The number of hydrogen-bond acceptors (Lipinski definition) is 4. The Kier molecular flexibility index (Phi) is 5.10. The van der Waals surface area contributed by atoms with E-state index in [4.69, 9.17) is 18.8 Å². The van der Waals surface area contributed by atoms with Gasteiger partial charge in [0.1, 0.15) is 22.3 Å². The fourth-order valence-electron chi connectivity index (χ4n) is 7.27. The predicted molar refractivity (Wildman–Crippen MR) is 189 cm³/mol. The summed E-state index contributed by atoms with van der Waals surface area (Å²) in [6.07, 6.45) is 1.91. The van der Waals surface area contributed by atoms with Crippen LogP contribution in [0, 0.1) is 13.8 Å². The van der Waals surface area contributed by atoms with E-state index in [1.165, 1.54) is 10.8 Å². The summed E-state index contributed by atoms with van der Waals surface area (Å²) in [7, 11) is 0. The maximum atomic E-state index is 6.43. The van der Waals surface area contributed by atoms with Crippen molar-refractivity contribution >= 4 is 76.5 Å². The smallest absolute Gasteiger partial charge is 0.139 e. The molecule has 0 atom stereocenters. The lowest BCUT2D eigenvalue weighted by Crippen LogP contribution is -1.92. The maximum absolute atomic E-state index is 6.43. The van der Waals surface area contributed by atoms with Crippen LogP contribution >= 0.6 is 0 Å². The van der Waals surface area contributed by atoms with Crippen LogP contribution in [0.2, 0.25) is 0 Å². The molecule has 4 nitrogen and oxygen atoms in total. The lowest BCUT2D eigenvalue weighted by Gasteiger charge is -2.11. The lowest BCUT2D eigenvalue weighted by molar-refractivity contribution is 0.653. The van der Waals surface area contributed by atoms with Gasteiger partial charge in [-0.1, -0.05) is 84.9 Å². The van der Waals surface area contributed by atoms with Gasteiger partial charge in [0.05, 0.1) is 22.9 Å². The zero-order valence-corrected chi connectivity index (χ0v) is 25.3. The molecule has 0 aliphatic carbocycles. The molecular formula is C42H26N2O2. The second kappa shape index (κ2) is 9.26. The van der Waals surface area contributed by atoms with Gasteiger partial charge >= 0.3 is 0 Å². The average Bonchev–Trinajstić information content (AvgIpc) is 3.66. The van der Waals surface area contributed by atoms with Gasteiger partial charge in [-0.25, -0.2) is 4.98 Å². The van der Waals surface area contributed by atoms with Crippen molar-refractivity contribution in [2.75, 3.05) is 0 Å². The highest BCUT2D eigenvalue weighted by Gasteiger charge is 2.17. The molecule has 0 unspecified atom stereocenters. The number of benzene rings is 7. The number of fused-ring (bicyclic) bond motifs is 12. The first kappa shape index (κ1) is 25.3. The lowest BCUT2D eigenvalue weighted by atomic mass is 9.97. The second-order valence-electron chi connectivity index (χ2n) is 12.3. The van der Waals surface area contributed by atoms with Crippen molar-refractivity contribution < 1.29 is 8.83 Å². The van der Waals surface area contributed by atoms with Crippen molar-refractivity contribution in [3.63, 3.8) is 0 Å². The molecule has 0 bridgehead atoms. The van der Waals surface area contributed by atoms with Crippen LogP contribution in [0.4, 0.5) is 0 Å². The molecule has 0 radical (unpaired) electrons. The van der Waals surface area contributed by atoms with Crippen molar-refractivity contribution in [2.45, 2.75) is 13.8 Å². The van der Waals surface area contributed by atoms with E-state index in [1.807, 2.05) is 12.3 Å². The second-order valence-corrected chi connectivity index (χ2v) is 12.3. The molecule has 7 aromatic carbocycles. The van der Waals surface area contributed by atoms with E-state index in [2.05, 4.69) is 123 Å². The minimum absolute atomic E-state index is 0.833. The van der Waals surface area contributed by atoms with Gasteiger partial charge < -0.3 is 8.83 Å². The highest BCUT2D eigenvalue weighted by Crippen LogP contribution is 2.40. The Morgan fingerprint density at radius 2 is 1.07 bits per heavy atom. The SMILES string of the molecule is Cc1cccc2c1oc1cc3oc4c(C)cc(-c5cccc(-c6cnc7c8ccccc8c8ccccc8c7n6)c5)cc4c3cc12. The summed E-state index contributed by atoms with van der Waals surface area (Å²) in [5.74, 6) is 0. The highest BCUT2D eigenvalue weighted by molar-refractivity contribution is 6.23. The monoisotopic (exact) mass is 590 g/mol. The molecule has 3 heterocycles. The molecule has 10 rings (SSSR count). The van der Waals surface area contributed by atoms with Crippen molar-refractivity contribution in [3.05, 3.63) is 133 Å². The van der Waals surface area contributed by atoms with Crippen LogP contribution in [-0.4, -0.2) is 9.97 Å². The van der Waals surface area contributed by atoms with Gasteiger partial charge in [-0.15, -0.1) is 0 Å². The average molecular weight is 591 g/mol. The summed E-state index contributed by atoms with van der Waals surface area (Å²) >= 11 is 0. The van der Waals surface area contributed by atoms with Gasteiger partial charge in [-0.3, -0.25) is 4.98 Å². The largest absolute Gasteiger partial charge is 0.456 e. The van der Waals surface area contributed by atoms with E-state index in [0.717, 1.165) is 99.2 Å². The molecule has 4 heteroatoms. The Morgan fingerprint density at radius 1 is 0.435 bits per heavy atom. The maximum Gasteiger partial charge on any atom is 0.139 e. The van der Waals surface area contributed by atoms with Crippen LogP contribution in [0.3, 0.4) is 0 Å². The molecule has 10 aromatic rings. The first-order chi connectivity index (χ1) is 22.6. The van der Waals surface area contributed by atoms with Gasteiger partial charge in [0, 0.05) is 43.9 Å². The van der Waals surface area contributed by atoms with Gasteiger partial charge in [0.25, 0.3) is 0 Å². The number of para-hydroxylation sites is 1. The van der Waals surface area contributed by atoms with E-state index < -0.39 is 0 Å². The van der Waals surface area contributed by atoms with Crippen LogP contribution < -0.4 is 0 Å². The Hall–Kier alpha value is -6.00. The molecule has 0 fully saturated rings. The summed E-state index contributed by atoms with van der Waals surface area (Å²) in [6.45, 7) is 4.20. The fourth-order valence-corrected chi connectivity index (χ4v) is 7.27. The molecule has 0 aliphatic heterocycles. The van der Waals surface area contributed by atoms with Crippen LogP contribution in [-0.2, 0) is 0 Å². The number of nitrogens with zero attached hydrogens (tertiary/aromatic N) is 2. The van der Waals surface area contributed by atoms with Crippen molar-refractivity contribution in [1.82, 2.24) is 9.97 Å². The number of aromatic nitrogens is 2. The van der Waals surface area contributed by atoms with Crippen LogP contribution in [0.25, 0.3) is 98.8 Å². The molecule has 216 valence electrons. The number of rotatable bonds is 2. The molecule has 0 saturated heterocycles. The molecule has 0 amide bonds. The third kappa shape index (κ3) is 3.55.